The summed E-state index contributed by atoms with van der Waals surface area (Å²) in [4.78, 5) is 35.6. The van der Waals surface area contributed by atoms with E-state index in [1.165, 1.54) is 103 Å². The number of rotatable bonds is 55. The van der Waals surface area contributed by atoms with Crippen molar-refractivity contribution in [2.45, 2.75) is 238 Å². The van der Waals surface area contributed by atoms with Gasteiger partial charge in [0, 0.05) is 12.8 Å². The Morgan fingerprint density at radius 1 is 0.397 bits per heavy atom. The van der Waals surface area contributed by atoms with Crippen LogP contribution in [0.3, 0.4) is 0 Å². The van der Waals surface area contributed by atoms with E-state index in [9.17, 15) is 19.0 Å². The van der Waals surface area contributed by atoms with Crippen molar-refractivity contribution in [3.8, 4) is 0 Å². The van der Waals surface area contributed by atoms with Gasteiger partial charge in [-0.1, -0.05) is 257 Å². The van der Waals surface area contributed by atoms with Crippen molar-refractivity contribution >= 4 is 19.8 Å². The number of likely N-dealkylation sites (N-methyl/N-ethyl adjacent to an activating group) is 1. The molecule has 0 saturated heterocycles. The lowest BCUT2D eigenvalue weighted by molar-refractivity contribution is -0.870. The largest absolute Gasteiger partial charge is 0.472 e. The van der Waals surface area contributed by atoms with Crippen molar-refractivity contribution in [1.82, 2.24) is 0 Å². The second-order valence-electron chi connectivity index (χ2n) is 21.3. The second-order valence-corrected chi connectivity index (χ2v) is 22.8. The maximum Gasteiger partial charge on any atom is 0.472 e. The molecule has 0 amide bonds. The minimum Gasteiger partial charge on any atom is -0.462 e. The Labute approximate surface area is 479 Å². The predicted molar refractivity (Wildman–Crippen MR) is 334 cm³/mol. The van der Waals surface area contributed by atoms with Crippen molar-refractivity contribution in [2.24, 2.45) is 0 Å². The van der Waals surface area contributed by atoms with Crippen molar-refractivity contribution < 1.29 is 42.1 Å². The minimum absolute atomic E-state index is 0.0168. The highest BCUT2D eigenvalue weighted by atomic mass is 31.2. The Bertz CT molecular complexity index is 1780. The molecule has 0 saturated carbocycles. The van der Waals surface area contributed by atoms with Gasteiger partial charge in [0.15, 0.2) is 6.10 Å². The molecule has 0 bridgehead atoms. The second kappa shape index (κ2) is 57.8. The van der Waals surface area contributed by atoms with E-state index >= 15 is 0 Å². The molecule has 0 aliphatic carbocycles. The van der Waals surface area contributed by atoms with Crippen LogP contribution in [0.15, 0.2) is 134 Å². The Kier molecular flexibility index (Phi) is 55.0. The van der Waals surface area contributed by atoms with E-state index in [1.54, 1.807) is 0 Å². The molecule has 0 aromatic rings. The number of unbranched alkanes of at least 4 members (excludes halogenated alkanes) is 19. The molecule has 0 aliphatic rings. The molecule has 2 atom stereocenters. The maximum atomic E-state index is 12.8. The maximum absolute atomic E-state index is 12.8. The molecule has 0 aliphatic heterocycles. The van der Waals surface area contributed by atoms with Gasteiger partial charge in [0.1, 0.15) is 19.8 Å². The molecule has 0 rings (SSSR count). The van der Waals surface area contributed by atoms with Crippen molar-refractivity contribution in [3.63, 3.8) is 0 Å². The van der Waals surface area contributed by atoms with Crippen LogP contribution in [-0.4, -0.2) is 74.9 Å². The van der Waals surface area contributed by atoms with Crippen LogP contribution in [0.25, 0.3) is 0 Å². The Balaban J connectivity index is 3.98. The zero-order valence-electron chi connectivity index (χ0n) is 50.3. The molecule has 78 heavy (non-hydrogen) atoms. The first-order valence-corrected chi connectivity index (χ1v) is 32.4. The molecule has 444 valence electrons. The van der Waals surface area contributed by atoms with Crippen LogP contribution in [0.2, 0.25) is 0 Å². The number of phosphoric acid groups is 1. The lowest BCUT2D eigenvalue weighted by atomic mass is 10.0. The number of phosphoric ester groups is 1. The van der Waals surface area contributed by atoms with Crippen LogP contribution in [0.1, 0.15) is 232 Å². The zero-order valence-corrected chi connectivity index (χ0v) is 51.2. The first-order valence-electron chi connectivity index (χ1n) is 30.9. The van der Waals surface area contributed by atoms with Gasteiger partial charge in [-0.2, -0.15) is 0 Å². The molecular weight excluding hydrogens is 990 g/mol. The molecule has 10 heteroatoms. The molecule has 0 heterocycles. The average Bonchev–Trinajstić information content (AvgIpc) is 3.40. The van der Waals surface area contributed by atoms with E-state index in [0.717, 1.165) is 89.9 Å². The minimum atomic E-state index is -4.40. The summed E-state index contributed by atoms with van der Waals surface area (Å²) in [5.41, 5.74) is 0. The summed E-state index contributed by atoms with van der Waals surface area (Å²) in [6, 6.07) is 0. The number of carbonyl (C=O) groups excluding carboxylic acids is 2. The number of allylic oxidation sites excluding steroid dienone is 22. The van der Waals surface area contributed by atoms with E-state index in [0.29, 0.717) is 23.9 Å². The highest BCUT2D eigenvalue weighted by molar-refractivity contribution is 7.47. The van der Waals surface area contributed by atoms with E-state index in [1.807, 2.05) is 33.3 Å². The summed E-state index contributed by atoms with van der Waals surface area (Å²) >= 11 is 0. The summed E-state index contributed by atoms with van der Waals surface area (Å²) in [5, 5.41) is 0. The topological polar surface area (TPSA) is 108 Å². The summed E-state index contributed by atoms with van der Waals surface area (Å²) in [6.45, 7) is 4.11. The zero-order chi connectivity index (χ0) is 57.0. The number of hydrogen-bond acceptors (Lipinski definition) is 7. The van der Waals surface area contributed by atoms with Gasteiger partial charge < -0.3 is 18.9 Å². The SMILES string of the molecule is CC/C=C\C/C=C\C/C=C\C/C=C\C/C=C\C/C=C\C/C=C\CCCCCCCCCCCCCCCCCCCCCC(=O)OC(COC(=O)CC/C=C\C/C=C\C/C=C\C/C=C\CC)COP(=O)(O)OCC[N+](C)(C)C. The lowest BCUT2D eigenvalue weighted by Gasteiger charge is -2.24. The fraction of sp³-hybridized carbons (Fsp3) is 0.647. The molecule has 0 aromatic heterocycles. The van der Waals surface area contributed by atoms with E-state index < -0.39 is 32.5 Å². The standard InChI is InChI=1S/C68H114NO8P/c1-6-8-10-12-14-16-18-20-21-22-23-24-25-26-27-28-29-30-31-32-33-34-35-36-37-38-39-40-41-42-43-44-45-46-47-49-51-53-55-57-59-61-68(71)77-66(65-76-78(72,73)75-63-62-69(3,4)5)64-74-67(70)60-58-56-54-52-50-48-19-17-15-13-11-9-7-2/h8-11,14-17,20-21,23-24,26-27,29-30,32-33,48,50,54,56,66H,6-7,12-13,18-19,22,25,28,31,34-47,49,51-53,55,57-65H2,1-5H3/p+1/b10-8-,11-9-,16-14-,17-15-,21-20-,24-23-,27-26-,30-29-,33-32-,50-48-,56-54-. The van der Waals surface area contributed by atoms with Crippen molar-refractivity contribution in [2.75, 3.05) is 47.5 Å². The molecule has 0 radical (unpaired) electrons. The number of esters is 2. The molecular formula is C68H115NO8P+. The van der Waals surface area contributed by atoms with Gasteiger partial charge in [-0.3, -0.25) is 18.6 Å². The van der Waals surface area contributed by atoms with Crippen LogP contribution in [0, 0.1) is 0 Å². The highest BCUT2D eigenvalue weighted by Gasteiger charge is 2.27. The molecule has 0 spiro atoms. The average molecular weight is 1110 g/mol. The third-order valence-corrected chi connectivity index (χ3v) is 13.7. The van der Waals surface area contributed by atoms with Crippen molar-refractivity contribution in [3.05, 3.63) is 134 Å². The third-order valence-electron chi connectivity index (χ3n) is 12.7. The van der Waals surface area contributed by atoms with Crippen LogP contribution in [0.4, 0.5) is 0 Å². The molecule has 9 nitrogen and oxygen atoms in total. The number of hydrogen-bond donors (Lipinski definition) is 1. The normalized spacial score (nSPS) is 14.2. The van der Waals surface area contributed by atoms with Gasteiger partial charge in [-0.05, 0) is 96.3 Å². The van der Waals surface area contributed by atoms with Gasteiger partial charge in [0.05, 0.1) is 27.7 Å². The summed E-state index contributed by atoms with van der Waals surface area (Å²) in [5.74, 6) is -0.895. The van der Waals surface area contributed by atoms with Crippen molar-refractivity contribution in [1.29, 1.82) is 0 Å². The van der Waals surface area contributed by atoms with E-state index in [2.05, 4.69) is 135 Å². The Morgan fingerprint density at radius 2 is 0.718 bits per heavy atom. The predicted octanol–water partition coefficient (Wildman–Crippen LogP) is 19.7. The number of carbonyl (C=O) groups is 2. The monoisotopic (exact) mass is 1100 g/mol. The first-order chi connectivity index (χ1) is 38.0. The van der Waals surface area contributed by atoms with Gasteiger partial charge in [-0.15, -0.1) is 0 Å². The van der Waals surface area contributed by atoms with E-state index in [-0.39, 0.29) is 26.1 Å². The van der Waals surface area contributed by atoms with Gasteiger partial charge in [0.25, 0.3) is 0 Å². The van der Waals surface area contributed by atoms with Crippen LogP contribution >= 0.6 is 7.82 Å². The molecule has 2 unspecified atom stereocenters. The highest BCUT2D eigenvalue weighted by Crippen LogP contribution is 2.43. The Morgan fingerprint density at radius 3 is 1.08 bits per heavy atom. The fourth-order valence-electron chi connectivity index (χ4n) is 8.01. The lowest BCUT2D eigenvalue weighted by Crippen LogP contribution is -2.37. The van der Waals surface area contributed by atoms with Crippen LogP contribution in [-0.2, 0) is 32.7 Å². The smallest absolute Gasteiger partial charge is 0.462 e. The quantitative estimate of drug-likeness (QED) is 0.0211. The van der Waals surface area contributed by atoms with E-state index in [4.69, 9.17) is 18.5 Å². The van der Waals surface area contributed by atoms with Gasteiger partial charge >= 0.3 is 19.8 Å². The van der Waals surface area contributed by atoms with Gasteiger partial charge in [-0.25, -0.2) is 4.57 Å². The molecule has 0 fully saturated rings. The molecule has 1 N–H and O–H groups in total. The van der Waals surface area contributed by atoms with Crippen LogP contribution in [0.5, 0.6) is 0 Å². The summed E-state index contributed by atoms with van der Waals surface area (Å²) in [7, 11) is 1.43. The summed E-state index contributed by atoms with van der Waals surface area (Å²) < 4.78 is 34.4. The number of nitrogens with zero attached hydrogens (tertiary/aromatic N) is 1. The Hall–Kier alpha value is -3.85. The summed E-state index contributed by atoms with van der Waals surface area (Å²) in [6.07, 6.45) is 84.4. The third kappa shape index (κ3) is 61.4. The first kappa shape index (κ1) is 74.2. The van der Waals surface area contributed by atoms with Gasteiger partial charge in [0.2, 0.25) is 0 Å². The number of ether oxygens (including phenoxy) is 2. The number of quaternary nitrogens is 1. The van der Waals surface area contributed by atoms with Crippen LogP contribution < -0.4 is 0 Å². The fourth-order valence-corrected chi connectivity index (χ4v) is 8.75. The molecule has 0 aromatic carbocycles.